The Morgan fingerprint density at radius 2 is 1.16 bits per heavy atom. The van der Waals surface area contributed by atoms with E-state index < -0.39 is 23.9 Å². The van der Waals surface area contributed by atoms with Crippen molar-refractivity contribution in [3.8, 4) is 11.5 Å². The van der Waals surface area contributed by atoms with Crippen molar-refractivity contribution in [2.75, 3.05) is 0 Å². The molecule has 0 heterocycles. The van der Waals surface area contributed by atoms with Gasteiger partial charge < -0.3 is 29.9 Å². The molecule has 73 heavy (non-hydrogen) atoms. The summed E-state index contributed by atoms with van der Waals surface area (Å²) in [6.07, 6.45) is 19.1. The van der Waals surface area contributed by atoms with Gasteiger partial charge in [-0.2, -0.15) is 0 Å². The number of halogens is 2. The van der Waals surface area contributed by atoms with E-state index in [1.54, 1.807) is 48.5 Å². The third-order valence-electron chi connectivity index (χ3n) is 18.3. The predicted molar refractivity (Wildman–Crippen MR) is 285 cm³/mol. The minimum absolute atomic E-state index is 0.00816. The standard InChI is InChI=1S/C61H72Cl2O10/c1-35(2)12-10-13-36(3)49-22-23-50-46-21-20-42-28-37(24-26-60(42,4)51(46)25-27-61(49,50)5)14-11-19-43(40-29-47(58(68)69)54(52(62)31-40)72-33-38-15-6-8-17-44(38)56(64)65)41-30-48(59(70)71)55(53(63)32-41)73-34-39-16-7-9-18-45(39)57(66)67/h6-9,15-19,29-32,35-37,42,46,49-51H,10-14,20-28,33-34H2,1-5H3,(H,64,65)(H,66,67)(H,68,69)(H,70,71)/t36?,37-,42?,46-,49+,50-,51-,60-,61+/m0/s1. The predicted octanol–water partition coefficient (Wildman–Crippen LogP) is 15.9. The molecule has 0 aliphatic heterocycles. The van der Waals surface area contributed by atoms with Crippen molar-refractivity contribution in [2.24, 2.45) is 58.2 Å². The van der Waals surface area contributed by atoms with Crippen LogP contribution in [0, 0.1) is 58.2 Å². The Labute approximate surface area is 440 Å². The first kappa shape index (κ1) is 54.0. The SMILES string of the molecule is CC(C)CCCC(C)[C@H]1CC[C@H]2[C@@H]3CCC4C[C@@H](CCC=C(c5cc(Cl)c(OCc6ccccc6C(=O)O)c(C(=O)O)c5)c5cc(Cl)c(OCc6ccccc6C(=O)O)c(C(=O)O)c5)CC[C@]4(C)[C@H]3CC[C@]12C. The lowest BCUT2D eigenvalue weighted by molar-refractivity contribution is -0.121. The Morgan fingerprint density at radius 1 is 0.644 bits per heavy atom. The summed E-state index contributed by atoms with van der Waals surface area (Å²) < 4.78 is 11.9. The molecule has 4 aromatic carbocycles. The molecule has 2 unspecified atom stereocenters. The van der Waals surface area contributed by atoms with Crippen LogP contribution in [0.15, 0.2) is 78.9 Å². The van der Waals surface area contributed by atoms with Crippen LogP contribution < -0.4 is 9.47 Å². The highest BCUT2D eigenvalue weighted by atomic mass is 35.5. The molecule has 0 aromatic heterocycles. The van der Waals surface area contributed by atoms with E-state index in [0.29, 0.717) is 56.9 Å². The van der Waals surface area contributed by atoms with Gasteiger partial charge in [0.05, 0.1) is 21.2 Å². The molecule has 0 amide bonds. The molecule has 0 saturated heterocycles. The van der Waals surface area contributed by atoms with Crippen LogP contribution in [0.1, 0.15) is 188 Å². The van der Waals surface area contributed by atoms with Gasteiger partial charge in [0.2, 0.25) is 0 Å². The molecule has 9 atom stereocenters. The number of carboxylic acid groups (broad SMARTS) is 4. The third kappa shape index (κ3) is 11.4. The van der Waals surface area contributed by atoms with E-state index in [2.05, 4.69) is 34.6 Å². The zero-order valence-electron chi connectivity index (χ0n) is 42.9. The van der Waals surface area contributed by atoms with E-state index in [1.807, 2.05) is 6.08 Å². The van der Waals surface area contributed by atoms with Gasteiger partial charge in [-0.15, -0.1) is 0 Å². The van der Waals surface area contributed by atoms with E-state index in [1.165, 1.54) is 94.9 Å². The lowest BCUT2D eigenvalue weighted by Gasteiger charge is -2.61. The maximum atomic E-state index is 13.0. The molecular formula is C61H72Cl2O10. The van der Waals surface area contributed by atoms with Gasteiger partial charge in [0.15, 0.2) is 11.5 Å². The van der Waals surface area contributed by atoms with Crippen LogP contribution in [0.3, 0.4) is 0 Å². The lowest BCUT2D eigenvalue weighted by atomic mass is 9.44. The summed E-state index contributed by atoms with van der Waals surface area (Å²) in [5.74, 6) is 0.679. The van der Waals surface area contributed by atoms with Crippen LogP contribution in [-0.4, -0.2) is 44.3 Å². The molecule has 0 spiro atoms. The Bertz CT molecular complexity index is 2610. The summed E-state index contributed by atoms with van der Waals surface area (Å²) in [5, 5.41) is 40.6. The number of hydrogen-bond donors (Lipinski definition) is 4. The van der Waals surface area contributed by atoms with Gasteiger partial charge in [-0.1, -0.05) is 120 Å². The van der Waals surface area contributed by atoms with Crippen LogP contribution in [0.25, 0.3) is 5.57 Å². The Hall–Kier alpha value is -5.32. The average Bonchev–Trinajstić information content (AvgIpc) is 3.71. The number of benzene rings is 4. The number of carboxylic acids is 4. The largest absolute Gasteiger partial charge is 0.486 e. The molecule has 0 bridgehead atoms. The first-order chi connectivity index (χ1) is 34.8. The average molecular weight is 1040 g/mol. The molecule has 4 fully saturated rings. The molecule has 4 saturated carbocycles. The second kappa shape index (κ2) is 22.7. The summed E-state index contributed by atoms with van der Waals surface area (Å²) >= 11 is 13.8. The van der Waals surface area contributed by atoms with Gasteiger partial charge in [0.25, 0.3) is 0 Å². The third-order valence-corrected chi connectivity index (χ3v) is 18.9. The topological polar surface area (TPSA) is 168 Å². The monoisotopic (exact) mass is 1030 g/mol. The minimum atomic E-state index is -1.33. The molecule has 4 N–H and O–H groups in total. The van der Waals surface area contributed by atoms with Gasteiger partial charge in [-0.05, 0) is 182 Å². The lowest BCUT2D eigenvalue weighted by Crippen LogP contribution is -2.53. The highest BCUT2D eigenvalue weighted by Crippen LogP contribution is 2.69. The molecule has 4 aliphatic rings. The zero-order valence-corrected chi connectivity index (χ0v) is 44.4. The molecular weight excluding hydrogens is 964 g/mol. The van der Waals surface area contributed by atoms with Gasteiger partial charge in [0, 0.05) is 11.1 Å². The first-order valence-electron chi connectivity index (χ1n) is 26.5. The van der Waals surface area contributed by atoms with E-state index in [9.17, 15) is 39.6 Å². The van der Waals surface area contributed by atoms with Crippen LogP contribution in [-0.2, 0) is 13.2 Å². The van der Waals surface area contributed by atoms with E-state index in [-0.39, 0.29) is 57.0 Å². The van der Waals surface area contributed by atoms with Gasteiger partial charge in [0.1, 0.15) is 24.3 Å². The van der Waals surface area contributed by atoms with Crippen LogP contribution in [0.4, 0.5) is 0 Å². The number of hydrogen-bond acceptors (Lipinski definition) is 6. The maximum absolute atomic E-state index is 13.0. The van der Waals surface area contributed by atoms with Gasteiger partial charge >= 0.3 is 23.9 Å². The second-order valence-corrected chi connectivity index (χ2v) is 23.6. The minimum Gasteiger partial charge on any atom is -0.486 e. The summed E-state index contributed by atoms with van der Waals surface area (Å²) in [4.78, 5) is 49.8. The summed E-state index contributed by atoms with van der Waals surface area (Å²) in [7, 11) is 0. The summed E-state index contributed by atoms with van der Waals surface area (Å²) in [6, 6.07) is 18.5. The maximum Gasteiger partial charge on any atom is 0.339 e. The Morgan fingerprint density at radius 3 is 1.70 bits per heavy atom. The van der Waals surface area contributed by atoms with Crippen molar-refractivity contribution >= 4 is 52.7 Å². The quantitative estimate of drug-likeness (QED) is 0.0669. The Kier molecular flexibility index (Phi) is 16.7. The molecule has 4 aromatic rings. The van der Waals surface area contributed by atoms with Crippen molar-refractivity contribution in [2.45, 2.75) is 138 Å². The molecule has 0 radical (unpaired) electrons. The van der Waals surface area contributed by atoms with E-state index >= 15 is 0 Å². The summed E-state index contributed by atoms with van der Waals surface area (Å²) in [5.41, 5.74) is 2.20. The Balaban J connectivity index is 1.05. The molecule has 10 nitrogen and oxygen atoms in total. The number of fused-ring (bicyclic) bond motifs is 5. The van der Waals surface area contributed by atoms with Gasteiger partial charge in [-0.25, -0.2) is 19.2 Å². The van der Waals surface area contributed by atoms with E-state index in [4.69, 9.17) is 32.7 Å². The second-order valence-electron chi connectivity index (χ2n) is 22.8. The van der Waals surface area contributed by atoms with Crippen molar-refractivity contribution in [1.82, 2.24) is 0 Å². The smallest absolute Gasteiger partial charge is 0.339 e. The van der Waals surface area contributed by atoms with Crippen LogP contribution >= 0.6 is 23.2 Å². The first-order valence-corrected chi connectivity index (χ1v) is 27.3. The molecule has 390 valence electrons. The number of allylic oxidation sites excluding steroid dienone is 1. The molecule has 12 heteroatoms. The highest BCUT2D eigenvalue weighted by molar-refractivity contribution is 6.33. The number of rotatable bonds is 20. The normalized spacial score (nSPS) is 25.7. The van der Waals surface area contributed by atoms with Crippen molar-refractivity contribution in [1.29, 1.82) is 0 Å². The van der Waals surface area contributed by atoms with Gasteiger partial charge in [-0.3, -0.25) is 0 Å². The van der Waals surface area contributed by atoms with Crippen LogP contribution in [0.5, 0.6) is 11.5 Å². The number of ether oxygens (including phenoxy) is 2. The molecule has 4 aliphatic carbocycles. The fourth-order valence-electron chi connectivity index (χ4n) is 14.6. The zero-order chi connectivity index (χ0) is 52.4. The fourth-order valence-corrected chi connectivity index (χ4v) is 15.2. The molecule has 8 rings (SSSR count). The number of carbonyl (C=O) groups is 4. The fraction of sp³-hybridized carbons (Fsp3) is 0.508. The van der Waals surface area contributed by atoms with E-state index in [0.717, 1.165) is 48.3 Å². The van der Waals surface area contributed by atoms with Crippen molar-refractivity contribution in [3.63, 3.8) is 0 Å². The summed E-state index contributed by atoms with van der Waals surface area (Å²) in [6.45, 7) is 12.0. The van der Waals surface area contributed by atoms with Crippen LogP contribution in [0.2, 0.25) is 10.0 Å². The van der Waals surface area contributed by atoms with Crippen molar-refractivity contribution in [3.05, 3.63) is 133 Å². The highest BCUT2D eigenvalue weighted by Gasteiger charge is 2.60. The van der Waals surface area contributed by atoms with Crippen molar-refractivity contribution < 1.29 is 49.1 Å². The number of aromatic carboxylic acids is 4.